The van der Waals surface area contributed by atoms with E-state index in [2.05, 4.69) is 0 Å². The second-order valence-electron chi connectivity index (χ2n) is 8.21. The van der Waals surface area contributed by atoms with E-state index in [1.165, 1.54) is 4.90 Å². The van der Waals surface area contributed by atoms with Gasteiger partial charge in [0, 0.05) is 6.54 Å². The van der Waals surface area contributed by atoms with E-state index in [4.69, 9.17) is 14.2 Å². The molecule has 0 aliphatic carbocycles. The smallest absolute Gasteiger partial charge is 0.410 e. The van der Waals surface area contributed by atoms with Gasteiger partial charge in [-0.25, -0.2) is 14.4 Å². The molecule has 2 aliphatic heterocycles. The highest BCUT2D eigenvalue weighted by Gasteiger charge is 2.45. The van der Waals surface area contributed by atoms with Crippen LogP contribution in [0.2, 0.25) is 0 Å². The number of aromatic nitrogens is 2. The van der Waals surface area contributed by atoms with Gasteiger partial charge in [0.05, 0.1) is 6.20 Å². The normalized spacial score (nSPS) is 26.0. The van der Waals surface area contributed by atoms with Crippen molar-refractivity contribution in [2.45, 2.75) is 50.0 Å². The summed E-state index contributed by atoms with van der Waals surface area (Å²) >= 11 is 0. The van der Waals surface area contributed by atoms with Gasteiger partial charge in [-0.15, -0.1) is 0 Å². The number of amides is 1. The van der Waals surface area contributed by atoms with Crippen molar-refractivity contribution in [3.8, 4) is 0 Å². The van der Waals surface area contributed by atoms with Crippen LogP contribution in [-0.2, 0) is 25.6 Å². The van der Waals surface area contributed by atoms with Gasteiger partial charge >= 0.3 is 17.8 Å². The number of H-pyrrole nitrogens is 1. The number of benzene rings is 1. The van der Waals surface area contributed by atoms with Crippen molar-refractivity contribution in [2.75, 3.05) is 13.2 Å². The molecule has 12 nitrogen and oxygen atoms in total. The van der Waals surface area contributed by atoms with Crippen LogP contribution in [-0.4, -0.2) is 74.2 Å². The molecule has 35 heavy (non-hydrogen) atoms. The fraction of sp³-hybridized carbons (Fsp3) is 0.455. The molecule has 2 saturated heterocycles. The van der Waals surface area contributed by atoms with Gasteiger partial charge in [0.15, 0.2) is 6.23 Å². The molecule has 0 radical (unpaired) electrons. The third-order valence-electron chi connectivity index (χ3n) is 5.89. The fourth-order valence-corrected chi connectivity index (χ4v) is 4.04. The van der Waals surface area contributed by atoms with E-state index < -0.39 is 66.3 Å². The Morgan fingerprint density at radius 2 is 1.89 bits per heavy atom. The van der Waals surface area contributed by atoms with Crippen LogP contribution in [0.3, 0.4) is 0 Å². The van der Waals surface area contributed by atoms with Gasteiger partial charge in [-0.2, -0.15) is 4.39 Å². The van der Waals surface area contributed by atoms with E-state index in [0.29, 0.717) is 30.2 Å². The summed E-state index contributed by atoms with van der Waals surface area (Å²) in [6.07, 6.45) is -5.23. The summed E-state index contributed by atoms with van der Waals surface area (Å²) in [5, 5.41) is 20.5. The maximum atomic E-state index is 13.6. The Morgan fingerprint density at radius 3 is 2.63 bits per heavy atom. The largest absolute Gasteiger partial charge is 0.461 e. The molecule has 1 aromatic carbocycles. The van der Waals surface area contributed by atoms with Crippen LogP contribution >= 0.6 is 0 Å². The number of halogens is 1. The Hall–Kier alpha value is -3.55. The van der Waals surface area contributed by atoms with Crippen LogP contribution in [0.5, 0.6) is 0 Å². The van der Waals surface area contributed by atoms with Gasteiger partial charge in [-0.3, -0.25) is 19.2 Å². The molecule has 1 amide bonds. The summed E-state index contributed by atoms with van der Waals surface area (Å²) in [6.45, 7) is -0.154. The summed E-state index contributed by atoms with van der Waals surface area (Å²) in [4.78, 5) is 51.3. The lowest BCUT2D eigenvalue weighted by Gasteiger charge is -2.23. The number of likely N-dealkylation sites (tertiary alicyclic amines) is 1. The monoisotopic (exact) mass is 493 g/mol. The Balaban J connectivity index is 1.34. The summed E-state index contributed by atoms with van der Waals surface area (Å²) < 4.78 is 30.1. The zero-order chi connectivity index (χ0) is 25.1. The molecule has 1 aromatic heterocycles. The molecule has 3 heterocycles. The predicted molar refractivity (Wildman–Crippen MR) is 115 cm³/mol. The predicted octanol–water partition coefficient (Wildman–Crippen LogP) is -0.361. The molecule has 13 heteroatoms. The highest BCUT2D eigenvalue weighted by molar-refractivity contribution is 5.82. The number of carbonyl (C=O) groups is 2. The first-order chi connectivity index (χ1) is 16.8. The molecule has 4 rings (SSSR count). The molecule has 188 valence electrons. The number of esters is 1. The van der Waals surface area contributed by atoms with Crippen LogP contribution in [0.15, 0.2) is 46.1 Å². The second kappa shape index (κ2) is 10.4. The number of carbonyl (C=O) groups excluding carboxylic acids is 2. The van der Waals surface area contributed by atoms with Crippen molar-refractivity contribution in [3.05, 3.63) is 68.7 Å². The highest BCUT2D eigenvalue weighted by Crippen LogP contribution is 2.29. The van der Waals surface area contributed by atoms with Crippen LogP contribution < -0.4 is 11.2 Å². The van der Waals surface area contributed by atoms with E-state index >= 15 is 0 Å². The van der Waals surface area contributed by atoms with Crippen molar-refractivity contribution in [3.63, 3.8) is 0 Å². The number of hydrogen-bond donors (Lipinski definition) is 3. The van der Waals surface area contributed by atoms with E-state index in [1.54, 1.807) is 17.1 Å². The van der Waals surface area contributed by atoms with E-state index in [-0.39, 0.29) is 6.61 Å². The molecule has 2 aliphatic rings. The number of ether oxygens (including phenoxy) is 3. The molecule has 2 fully saturated rings. The number of hydrogen-bond acceptors (Lipinski definition) is 9. The van der Waals surface area contributed by atoms with Crippen molar-refractivity contribution < 1.29 is 38.4 Å². The van der Waals surface area contributed by atoms with Gasteiger partial charge in [0.1, 0.15) is 37.6 Å². The van der Waals surface area contributed by atoms with E-state index in [9.17, 15) is 33.8 Å². The topological polar surface area (TPSA) is 160 Å². The quantitative estimate of drug-likeness (QED) is 0.457. The van der Waals surface area contributed by atoms with E-state index in [0.717, 1.165) is 5.56 Å². The average molecular weight is 493 g/mol. The third-order valence-corrected chi connectivity index (χ3v) is 5.89. The van der Waals surface area contributed by atoms with E-state index in [1.807, 2.05) is 18.2 Å². The minimum Gasteiger partial charge on any atom is -0.461 e. The van der Waals surface area contributed by atoms with Crippen LogP contribution in [0, 0.1) is 5.82 Å². The summed E-state index contributed by atoms with van der Waals surface area (Å²) in [5.74, 6) is -2.04. The zero-order valence-electron chi connectivity index (χ0n) is 18.4. The van der Waals surface area contributed by atoms with Crippen molar-refractivity contribution in [2.24, 2.45) is 0 Å². The first-order valence-corrected chi connectivity index (χ1v) is 10.9. The zero-order valence-corrected chi connectivity index (χ0v) is 18.4. The summed E-state index contributed by atoms with van der Waals surface area (Å²) in [6, 6.07) is 8.16. The van der Waals surface area contributed by atoms with Crippen LogP contribution in [0.1, 0.15) is 24.6 Å². The molecule has 0 unspecified atom stereocenters. The lowest BCUT2D eigenvalue weighted by molar-refractivity contribution is -0.154. The first kappa shape index (κ1) is 24.6. The van der Waals surface area contributed by atoms with Crippen molar-refractivity contribution in [1.29, 1.82) is 0 Å². The van der Waals surface area contributed by atoms with Crippen molar-refractivity contribution in [1.82, 2.24) is 14.5 Å². The van der Waals surface area contributed by atoms with Gasteiger partial charge in [0.2, 0.25) is 5.82 Å². The standard InChI is InChI=1S/C22H24FN3O9/c23-13-9-26(21(31)24-18(13)29)19-17(28)16(27)15(35-19)11-33-20(30)14-7-4-8-25(14)22(32)34-10-12-5-2-1-3-6-12/h1-3,5-6,9,14-17,19,27-28H,4,7-8,10-11H2,(H,24,29,31)/t14-,15+,16+,17+,19+/m0/s1. The molecular formula is C22H24FN3O9. The number of aliphatic hydroxyl groups excluding tert-OH is 2. The minimum atomic E-state index is -1.67. The minimum absolute atomic E-state index is 0.0457. The maximum Gasteiger partial charge on any atom is 0.410 e. The Morgan fingerprint density at radius 1 is 1.14 bits per heavy atom. The molecule has 0 spiro atoms. The summed E-state index contributed by atoms with van der Waals surface area (Å²) in [5.41, 5.74) is -1.50. The highest BCUT2D eigenvalue weighted by atomic mass is 19.1. The first-order valence-electron chi connectivity index (χ1n) is 10.9. The third kappa shape index (κ3) is 5.26. The molecule has 0 saturated carbocycles. The van der Waals surface area contributed by atoms with Crippen LogP contribution in [0.4, 0.5) is 9.18 Å². The maximum absolute atomic E-state index is 13.6. The Labute approximate surface area is 197 Å². The molecule has 2 aromatic rings. The van der Waals surface area contributed by atoms with Gasteiger partial charge in [-0.05, 0) is 18.4 Å². The number of rotatable bonds is 6. The average Bonchev–Trinajstić information content (AvgIpc) is 3.45. The van der Waals surface area contributed by atoms with Gasteiger partial charge in [-0.1, -0.05) is 30.3 Å². The fourth-order valence-electron chi connectivity index (χ4n) is 4.04. The molecule has 5 atom stereocenters. The van der Waals surface area contributed by atoms with Gasteiger partial charge < -0.3 is 24.4 Å². The Kier molecular flexibility index (Phi) is 7.28. The summed E-state index contributed by atoms with van der Waals surface area (Å²) in [7, 11) is 0. The van der Waals surface area contributed by atoms with Gasteiger partial charge in [0.25, 0.3) is 5.56 Å². The lowest BCUT2D eigenvalue weighted by atomic mass is 10.1. The Bertz CT molecular complexity index is 1180. The lowest BCUT2D eigenvalue weighted by Crippen LogP contribution is -2.43. The SMILES string of the molecule is O=C(OC[C@H]1O[C@@H](n2cc(F)c(=O)[nH]c2=O)[C@H](O)[C@@H]1O)[C@@H]1CCCN1C(=O)OCc1ccccc1. The molecular weight excluding hydrogens is 469 g/mol. The number of nitrogens with one attached hydrogen (secondary N) is 1. The molecule has 0 bridgehead atoms. The number of aromatic amines is 1. The second-order valence-corrected chi connectivity index (χ2v) is 8.21. The number of nitrogens with zero attached hydrogens (tertiary/aromatic N) is 2. The molecule has 3 N–H and O–H groups in total. The number of aliphatic hydroxyl groups is 2. The van der Waals surface area contributed by atoms with Crippen LogP contribution in [0.25, 0.3) is 0 Å². The van der Waals surface area contributed by atoms with Crippen molar-refractivity contribution >= 4 is 12.1 Å².